The Kier molecular flexibility index (Phi) is 4.94. The van der Waals surface area contributed by atoms with E-state index in [2.05, 4.69) is 72.9 Å². The Hall–Kier alpha value is -3.93. The van der Waals surface area contributed by atoms with Crippen molar-refractivity contribution in [3.63, 3.8) is 0 Å². The smallest absolute Gasteiger partial charge is 0.171 e. The van der Waals surface area contributed by atoms with Crippen LogP contribution in [0.3, 0.4) is 0 Å². The molecule has 4 aromatic rings. The van der Waals surface area contributed by atoms with E-state index in [1.54, 1.807) is 0 Å². The first-order valence-electron chi connectivity index (χ1n) is 12.5. The molecule has 0 saturated heterocycles. The molecule has 36 heavy (non-hydrogen) atoms. The first-order chi connectivity index (χ1) is 17.7. The van der Waals surface area contributed by atoms with E-state index in [4.69, 9.17) is 0 Å². The summed E-state index contributed by atoms with van der Waals surface area (Å²) in [6.07, 6.45) is 14.5. The number of rotatable bonds is 4. The van der Waals surface area contributed by atoms with Crippen molar-refractivity contribution in [3.05, 3.63) is 155 Å². The number of allylic oxidation sites excluding steroid dienone is 7. The van der Waals surface area contributed by atoms with Crippen molar-refractivity contribution in [2.24, 2.45) is 0 Å². The highest BCUT2D eigenvalue weighted by molar-refractivity contribution is 7.85. The van der Waals surface area contributed by atoms with Crippen LogP contribution in [0.1, 0.15) is 22.6 Å². The second-order valence-corrected chi connectivity index (χ2v) is 12.4. The summed E-state index contributed by atoms with van der Waals surface area (Å²) in [5.74, 6) is 0.342. The molecule has 2 heteroatoms. The van der Waals surface area contributed by atoms with Crippen LogP contribution < -0.4 is 15.9 Å². The SMILES string of the molecule is O=P(c1ccccc1)(c1ccccc1)c1ccc(-c2ccc3c4c2CC=C2C=CC=C(C=C3)C24)cc1. The van der Waals surface area contributed by atoms with E-state index < -0.39 is 7.14 Å². The molecule has 172 valence electrons. The lowest BCUT2D eigenvalue weighted by Crippen LogP contribution is -2.24. The molecule has 0 amide bonds. The number of benzene rings is 4. The van der Waals surface area contributed by atoms with Crippen molar-refractivity contribution < 1.29 is 4.57 Å². The zero-order valence-corrected chi connectivity index (χ0v) is 20.7. The van der Waals surface area contributed by atoms with Crippen LogP contribution in [0.15, 0.2) is 139 Å². The zero-order valence-electron chi connectivity index (χ0n) is 19.8. The Morgan fingerprint density at radius 2 is 1.31 bits per heavy atom. The standard InChI is InChI=1S/C34H25OP/c35-36(28-10-3-1-4-11-28,29-12-5-2-6-13-29)30-20-16-24(17-21-30)31-22-18-27-15-14-25-8-7-9-26-19-23-32(31)34(27)33(25)26/h1-22,33H,23H2. The Labute approximate surface area is 212 Å². The van der Waals surface area contributed by atoms with E-state index in [1.165, 1.54) is 39.0 Å². The van der Waals surface area contributed by atoms with E-state index >= 15 is 0 Å². The monoisotopic (exact) mass is 480 g/mol. The van der Waals surface area contributed by atoms with Gasteiger partial charge in [0.2, 0.25) is 0 Å². The zero-order chi connectivity index (χ0) is 24.1. The molecular formula is C34H25OP. The van der Waals surface area contributed by atoms with Gasteiger partial charge in [-0.2, -0.15) is 0 Å². The van der Waals surface area contributed by atoms with Gasteiger partial charge < -0.3 is 4.57 Å². The van der Waals surface area contributed by atoms with Crippen LogP contribution in [0.5, 0.6) is 0 Å². The predicted molar refractivity (Wildman–Crippen MR) is 152 cm³/mol. The molecular weight excluding hydrogens is 455 g/mol. The maximum atomic E-state index is 14.7. The van der Waals surface area contributed by atoms with Crippen LogP contribution in [-0.2, 0) is 11.0 Å². The van der Waals surface area contributed by atoms with Crippen LogP contribution in [0.4, 0.5) is 0 Å². The molecule has 1 unspecified atom stereocenters. The third-order valence-electron chi connectivity index (χ3n) is 7.70. The van der Waals surface area contributed by atoms with Crippen molar-refractivity contribution in [3.8, 4) is 11.1 Å². The minimum absolute atomic E-state index is 0.342. The van der Waals surface area contributed by atoms with Gasteiger partial charge in [0.15, 0.2) is 7.14 Å². The molecule has 1 nitrogen and oxygen atoms in total. The topological polar surface area (TPSA) is 17.1 Å². The molecule has 4 aromatic carbocycles. The maximum Gasteiger partial charge on any atom is 0.171 e. The van der Waals surface area contributed by atoms with Gasteiger partial charge in [-0.3, -0.25) is 0 Å². The quantitative estimate of drug-likeness (QED) is 0.285. The van der Waals surface area contributed by atoms with Gasteiger partial charge in [0.25, 0.3) is 0 Å². The largest absolute Gasteiger partial charge is 0.309 e. The lowest BCUT2D eigenvalue weighted by Gasteiger charge is -2.34. The molecule has 0 heterocycles. The van der Waals surface area contributed by atoms with Crippen molar-refractivity contribution >= 4 is 29.1 Å². The number of hydrogen-bond donors (Lipinski definition) is 0. The molecule has 0 fully saturated rings. The first-order valence-corrected chi connectivity index (χ1v) is 14.2. The molecule has 0 spiro atoms. The fourth-order valence-electron chi connectivity index (χ4n) is 5.97. The van der Waals surface area contributed by atoms with Crippen LogP contribution in [0.25, 0.3) is 17.2 Å². The van der Waals surface area contributed by atoms with Crippen molar-refractivity contribution in [2.75, 3.05) is 0 Å². The molecule has 0 saturated carbocycles. The van der Waals surface area contributed by atoms with Crippen molar-refractivity contribution in [1.82, 2.24) is 0 Å². The molecule has 0 bridgehead atoms. The third kappa shape index (κ3) is 3.20. The second kappa shape index (κ2) is 8.33. The molecule has 3 aliphatic rings. The second-order valence-electron chi connectivity index (χ2n) is 9.62. The average molecular weight is 481 g/mol. The van der Waals surface area contributed by atoms with Gasteiger partial charge in [-0.1, -0.05) is 134 Å². The van der Waals surface area contributed by atoms with Crippen molar-refractivity contribution in [2.45, 2.75) is 12.3 Å². The highest BCUT2D eigenvalue weighted by Gasteiger charge is 2.32. The van der Waals surface area contributed by atoms with Gasteiger partial charge in [-0.25, -0.2) is 0 Å². The van der Waals surface area contributed by atoms with Crippen LogP contribution in [0, 0.1) is 0 Å². The van der Waals surface area contributed by atoms with Gasteiger partial charge in [0.1, 0.15) is 0 Å². The summed E-state index contributed by atoms with van der Waals surface area (Å²) < 4.78 is 14.7. The summed E-state index contributed by atoms with van der Waals surface area (Å²) in [6, 6.07) is 32.7. The summed E-state index contributed by atoms with van der Waals surface area (Å²) in [6.45, 7) is 0. The molecule has 3 aliphatic carbocycles. The average Bonchev–Trinajstić information content (AvgIpc) is 2.96. The van der Waals surface area contributed by atoms with E-state index in [9.17, 15) is 4.57 Å². The summed E-state index contributed by atoms with van der Waals surface area (Å²) in [4.78, 5) is 0. The molecule has 0 aromatic heterocycles. The number of hydrogen-bond acceptors (Lipinski definition) is 1. The Balaban J connectivity index is 1.34. The van der Waals surface area contributed by atoms with Gasteiger partial charge in [-0.15, -0.1) is 0 Å². The Morgan fingerprint density at radius 3 is 2.00 bits per heavy atom. The lowest BCUT2D eigenvalue weighted by molar-refractivity contribution is 0.592. The van der Waals surface area contributed by atoms with E-state index in [1.807, 2.05) is 60.7 Å². The highest BCUT2D eigenvalue weighted by atomic mass is 31.2. The molecule has 7 rings (SSSR count). The molecule has 1 atom stereocenters. The van der Waals surface area contributed by atoms with Crippen LogP contribution in [0.2, 0.25) is 0 Å². The summed E-state index contributed by atoms with van der Waals surface area (Å²) in [7, 11) is -2.97. The third-order valence-corrected chi connectivity index (χ3v) is 10.8. The fraction of sp³-hybridized carbons (Fsp3) is 0.0588. The molecule has 0 radical (unpaired) electrons. The van der Waals surface area contributed by atoms with Crippen molar-refractivity contribution in [1.29, 1.82) is 0 Å². The van der Waals surface area contributed by atoms with E-state index in [-0.39, 0.29) is 0 Å². The van der Waals surface area contributed by atoms with E-state index in [0.29, 0.717) is 5.92 Å². The lowest BCUT2D eigenvalue weighted by atomic mass is 9.70. The van der Waals surface area contributed by atoms with Gasteiger partial charge in [0.05, 0.1) is 0 Å². The minimum Gasteiger partial charge on any atom is -0.309 e. The van der Waals surface area contributed by atoms with E-state index in [0.717, 1.165) is 22.3 Å². The molecule has 0 aliphatic heterocycles. The Morgan fingerprint density at radius 1 is 0.639 bits per heavy atom. The summed E-state index contributed by atoms with van der Waals surface area (Å²) in [5.41, 5.74) is 9.41. The maximum absolute atomic E-state index is 14.7. The summed E-state index contributed by atoms with van der Waals surface area (Å²) >= 11 is 0. The highest BCUT2D eigenvalue weighted by Crippen LogP contribution is 2.48. The fourth-order valence-corrected chi connectivity index (χ4v) is 8.61. The minimum atomic E-state index is -2.97. The normalized spacial score (nSPS) is 17.3. The first kappa shape index (κ1) is 21.4. The molecule has 0 N–H and O–H groups in total. The summed E-state index contributed by atoms with van der Waals surface area (Å²) in [5, 5.41) is 2.59. The van der Waals surface area contributed by atoms with Gasteiger partial charge >= 0.3 is 0 Å². The Bertz CT molecular complexity index is 1610. The predicted octanol–water partition coefficient (Wildman–Crippen LogP) is 7.08. The van der Waals surface area contributed by atoms with Crippen LogP contribution in [-0.4, -0.2) is 0 Å². The van der Waals surface area contributed by atoms with Crippen LogP contribution >= 0.6 is 7.14 Å². The van der Waals surface area contributed by atoms with Gasteiger partial charge in [0, 0.05) is 21.8 Å². The van der Waals surface area contributed by atoms with Gasteiger partial charge in [-0.05, 0) is 45.4 Å².